The molecule has 2 saturated heterocycles. The number of carbonyl (C=O) groups is 2. The first-order chi connectivity index (χ1) is 16.1. The maximum absolute atomic E-state index is 13.1. The Labute approximate surface area is 203 Å². The van der Waals surface area contributed by atoms with Gasteiger partial charge in [0.15, 0.2) is 0 Å². The summed E-state index contributed by atoms with van der Waals surface area (Å²) in [6.45, 7) is 2.24. The molecular weight excluding hydrogens is 492 g/mol. The normalized spacial score (nSPS) is 23.9. The Morgan fingerprint density at radius 1 is 1.32 bits per heavy atom. The van der Waals surface area contributed by atoms with Gasteiger partial charge in [0.05, 0.1) is 10.3 Å². The van der Waals surface area contributed by atoms with E-state index in [1.807, 2.05) is 0 Å². The number of hydrogen-bond acceptors (Lipinski definition) is 6. The quantitative estimate of drug-likeness (QED) is 0.366. The minimum Gasteiger partial charge on any atom is -0.324 e. The van der Waals surface area contributed by atoms with Crippen molar-refractivity contribution in [3.8, 4) is 0 Å². The van der Waals surface area contributed by atoms with Crippen LogP contribution in [0.15, 0.2) is 23.1 Å². The second-order valence-electron chi connectivity index (χ2n) is 8.52. The van der Waals surface area contributed by atoms with Gasteiger partial charge in [-0.15, -0.1) is 11.6 Å². The lowest BCUT2D eigenvalue weighted by Crippen LogP contribution is -2.59. The van der Waals surface area contributed by atoms with Gasteiger partial charge < -0.3 is 10.6 Å². The first-order valence-corrected chi connectivity index (χ1v) is 13.1. The molecule has 2 aliphatic rings. The topological polar surface area (TPSA) is 120 Å². The molecule has 1 aromatic carbocycles. The fourth-order valence-corrected chi connectivity index (χ4v) is 5.67. The fourth-order valence-electron chi connectivity index (χ4n) is 4.06. The van der Waals surface area contributed by atoms with Gasteiger partial charge in [-0.3, -0.25) is 14.6 Å². The van der Waals surface area contributed by atoms with Crippen molar-refractivity contribution in [1.29, 1.82) is 0 Å². The van der Waals surface area contributed by atoms with E-state index in [9.17, 15) is 26.8 Å². The monoisotopic (exact) mass is 521 g/mol. The third-order valence-electron chi connectivity index (χ3n) is 5.95. The van der Waals surface area contributed by atoms with Gasteiger partial charge in [-0.1, -0.05) is 12.5 Å². The van der Waals surface area contributed by atoms with Crippen molar-refractivity contribution >= 4 is 39.1 Å². The summed E-state index contributed by atoms with van der Waals surface area (Å²) in [5.74, 6) is -3.35. The number of nitrogens with zero attached hydrogens (tertiary/aromatic N) is 1. The van der Waals surface area contributed by atoms with Gasteiger partial charge in [0.2, 0.25) is 21.8 Å². The molecule has 2 amide bonds. The number of nitrogens with one attached hydrogen (secondary N) is 4. The zero-order chi connectivity index (χ0) is 24.9. The van der Waals surface area contributed by atoms with Gasteiger partial charge in [0.1, 0.15) is 12.5 Å². The molecule has 34 heavy (non-hydrogen) atoms. The summed E-state index contributed by atoms with van der Waals surface area (Å²) in [4.78, 5) is 24.7. The van der Waals surface area contributed by atoms with E-state index in [1.54, 1.807) is 13.0 Å². The van der Waals surface area contributed by atoms with Gasteiger partial charge in [-0.2, -0.15) is 0 Å². The lowest BCUT2D eigenvalue weighted by molar-refractivity contribution is -0.150. The number of benzene rings is 1. The summed E-state index contributed by atoms with van der Waals surface area (Å²) in [5.41, 5.74) is 3.27. The number of hydrogen-bond donors (Lipinski definition) is 4. The predicted molar refractivity (Wildman–Crippen MR) is 124 cm³/mol. The van der Waals surface area contributed by atoms with Crippen molar-refractivity contribution in [2.45, 2.75) is 55.3 Å². The molecule has 2 fully saturated rings. The van der Waals surface area contributed by atoms with E-state index in [2.05, 4.69) is 20.8 Å². The number of aryl methyl sites for hydroxylation is 1. The van der Waals surface area contributed by atoms with E-state index in [4.69, 9.17) is 11.6 Å². The number of hydrazine groups is 1. The molecule has 0 aromatic heterocycles. The SMILES string of the molecule is Cc1ccc(NC(=O)CN2NCC(Cl)C(C(F)F)C2=O)cc1S(=O)(=O)NCCC1CCCCN1. The van der Waals surface area contributed by atoms with Gasteiger partial charge in [-0.25, -0.2) is 27.3 Å². The van der Waals surface area contributed by atoms with E-state index in [1.165, 1.54) is 12.1 Å². The fraction of sp³-hybridized carbons (Fsp3) is 0.619. The molecule has 2 heterocycles. The molecule has 3 unspecified atom stereocenters. The third-order valence-corrected chi connectivity index (χ3v) is 7.98. The maximum atomic E-state index is 13.1. The summed E-state index contributed by atoms with van der Waals surface area (Å²) in [6, 6.07) is 4.70. The van der Waals surface area contributed by atoms with Crippen LogP contribution in [0.5, 0.6) is 0 Å². The van der Waals surface area contributed by atoms with E-state index >= 15 is 0 Å². The van der Waals surface area contributed by atoms with Crippen molar-refractivity contribution in [3.05, 3.63) is 23.8 Å². The zero-order valence-electron chi connectivity index (χ0n) is 18.8. The molecule has 1 aromatic rings. The van der Waals surface area contributed by atoms with Crippen molar-refractivity contribution < 1.29 is 26.8 Å². The lowest BCUT2D eigenvalue weighted by atomic mass is 10.0. The standard InChI is InChI=1S/C21H30ClF2N5O4S/c1-13-5-6-15(10-17(13)34(32,33)27-9-7-14-4-2-3-8-25-14)28-18(30)12-29-21(31)19(20(23)24)16(22)11-26-29/h5-6,10,14,16,19-20,25-27H,2-4,7-9,11-12H2,1H3,(H,28,30). The molecular formula is C21H30ClF2N5O4S. The lowest BCUT2D eigenvalue weighted by Gasteiger charge is -2.34. The molecule has 0 radical (unpaired) electrons. The van der Waals surface area contributed by atoms with Crippen LogP contribution in [-0.4, -0.2) is 69.3 Å². The van der Waals surface area contributed by atoms with Crippen LogP contribution in [0.4, 0.5) is 14.5 Å². The predicted octanol–water partition coefficient (Wildman–Crippen LogP) is 1.58. The first kappa shape index (κ1) is 26.7. The minimum atomic E-state index is -3.81. The van der Waals surface area contributed by atoms with Gasteiger partial charge in [0, 0.05) is 24.8 Å². The molecule has 0 bridgehead atoms. The average molecular weight is 522 g/mol. The van der Waals surface area contributed by atoms with Crippen LogP contribution in [-0.2, 0) is 19.6 Å². The van der Waals surface area contributed by atoms with Gasteiger partial charge >= 0.3 is 0 Å². The highest BCUT2D eigenvalue weighted by molar-refractivity contribution is 7.89. The largest absolute Gasteiger partial charge is 0.324 e. The van der Waals surface area contributed by atoms with Crippen LogP contribution in [0.3, 0.4) is 0 Å². The Bertz CT molecular complexity index is 991. The van der Waals surface area contributed by atoms with Crippen molar-refractivity contribution in [1.82, 2.24) is 20.5 Å². The number of piperidine rings is 1. The number of halogens is 3. The Kier molecular flexibility index (Phi) is 9.21. The minimum absolute atomic E-state index is 0.0248. The number of sulfonamides is 1. The number of alkyl halides is 3. The summed E-state index contributed by atoms with van der Waals surface area (Å²) < 4.78 is 54.6. The summed E-state index contributed by atoms with van der Waals surface area (Å²) >= 11 is 5.80. The van der Waals surface area contributed by atoms with Crippen molar-refractivity contribution in [2.24, 2.45) is 5.92 Å². The Hall–Kier alpha value is -1.86. The van der Waals surface area contributed by atoms with Crippen LogP contribution in [0, 0.1) is 12.8 Å². The number of amides is 2. The molecule has 2 aliphatic heterocycles. The molecule has 13 heteroatoms. The van der Waals surface area contributed by atoms with E-state index < -0.39 is 46.1 Å². The van der Waals surface area contributed by atoms with Crippen molar-refractivity contribution in [2.75, 3.05) is 31.5 Å². The molecule has 4 N–H and O–H groups in total. The molecule has 0 aliphatic carbocycles. The van der Waals surface area contributed by atoms with Gasteiger partial charge in [0.25, 0.3) is 6.43 Å². The summed E-state index contributed by atoms with van der Waals surface area (Å²) in [5, 5.41) is 5.61. The molecule has 0 saturated carbocycles. The molecule has 3 atom stereocenters. The molecule has 190 valence electrons. The van der Waals surface area contributed by atoms with Crippen LogP contribution in [0.1, 0.15) is 31.2 Å². The number of rotatable bonds is 9. The first-order valence-electron chi connectivity index (χ1n) is 11.2. The Balaban J connectivity index is 1.60. The highest BCUT2D eigenvalue weighted by Gasteiger charge is 2.42. The maximum Gasteiger partial charge on any atom is 0.251 e. The van der Waals surface area contributed by atoms with Crippen LogP contribution < -0.4 is 20.8 Å². The molecule has 9 nitrogen and oxygen atoms in total. The van der Waals surface area contributed by atoms with Crippen molar-refractivity contribution in [3.63, 3.8) is 0 Å². The van der Waals surface area contributed by atoms with E-state index in [0.29, 0.717) is 12.0 Å². The smallest absolute Gasteiger partial charge is 0.251 e. The van der Waals surface area contributed by atoms with Crippen LogP contribution in [0.25, 0.3) is 0 Å². The van der Waals surface area contributed by atoms with Crippen LogP contribution in [0.2, 0.25) is 0 Å². The number of carbonyl (C=O) groups excluding carboxylic acids is 2. The third kappa shape index (κ3) is 6.85. The zero-order valence-corrected chi connectivity index (χ0v) is 20.4. The second-order valence-corrected chi connectivity index (χ2v) is 10.8. The van der Waals surface area contributed by atoms with Crippen LogP contribution >= 0.6 is 11.6 Å². The summed E-state index contributed by atoms with van der Waals surface area (Å²) in [6.07, 6.45) is 0.990. The average Bonchev–Trinajstić information content (AvgIpc) is 2.77. The Morgan fingerprint density at radius 3 is 2.76 bits per heavy atom. The second kappa shape index (κ2) is 11.7. The molecule has 0 spiro atoms. The van der Waals surface area contributed by atoms with E-state index in [0.717, 1.165) is 30.8 Å². The Morgan fingerprint density at radius 2 is 2.09 bits per heavy atom. The van der Waals surface area contributed by atoms with E-state index in [-0.39, 0.29) is 29.7 Å². The van der Waals surface area contributed by atoms with Gasteiger partial charge in [-0.05, 0) is 50.4 Å². The highest BCUT2D eigenvalue weighted by atomic mass is 35.5. The summed E-state index contributed by atoms with van der Waals surface area (Å²) in [7, 11) is -3.81. The molecule has 3 rings (SSSR count). The number of anilines is 1. The highest BCUT2D eigenvalue weighted by Crippen LogP contribution is 2.25.